The minimum atomic E-state index is -4.58. The van der Waals surface area contributed by atoms with Gasteiger partial charge in [-0.3, -0.25) is 4.79 Å². The van der Waals surface area contributed by atoms with Crippen molar-refractivity contribution in [3.8, 4) is 0 Å². The van der Waals surface area contributed by atoms with Crippen LogP contribution in [0.4, 0.5) is 23.2 Å². The molecular formula is C14H11F4N3OS. The molecule has 2 rings (SSSR count). The summed E-state index contributed by atoms with van der Waals surface area (Å²) in [7, 11) is 0. The zero-order chi connectivity index (χ0) is 17.0. The number of nitrogens with zero attached hydrogens (tertiary/aromatic N) is 2. The number of hydrogen-bond donors (Lipinski definition) is 1. The maximum Gasteiger partial charge on any atom is 0.433 e. The van der Waals surface area contributed by atoms with Crippen molar-refractivity contribution < 1.29 is 22.4 Å². The highest BCUT2D eigenvalue weighted by Gasteiger charge is 2.33. The Kier molecular flexibility index (Phi) is 5.19. The fraction of sp³-hybridized carbons (Fsp3) is 0.214. The molecule has 122 valence electrons. The van der Waals surface area contributed by atoms with Crippen LogP contribution in [-0.2, 0) is 11.0 Å². The summed E-state index contributed by atoms with van der Waals surface area (Å²) in [5.74, 6) is -1.01. The molecular weight excluding hydrogens is 334 g/mol. The number of carbonyl (C=O) groups excluding carboxylic acids is 1. The lowest BCUT2D eigenvalue weighted by Crippen LogP contribution is -2.23. The van der Waals surface area contributed by atoms with E-state index in [0.29, 0.717) is 0 Å². The highest BCUT2D eigenvalue weighted by atomic mass is 32.2. The van der Waals surface area contributed by atoms with Gasteiger partial charge in [0.25, 0.3) is 0 Å². The van der Waals surface area contributed by atoms with Crippen molar-refractivity contribution in [3.05, 3.63) is 48.0 Å². The van der Waals surface area contributed by atoms with Gasteiger partial charge in [-0.15, -0.1) is 0 Å². The first-order valence-electron chi connectivity index (χ1n) is 6.39. The lowest BCUT2D eigenvalue weighted by Gasteiger charge is -2.12. The van der Waals surface area contributed by atoms with E-state index in [9.17, 15) is 22.4 Å². The second-order valence-electron chi connectivity index (χ2n) is 4.48. The third-order valence-corrected chi connectivity index (χ3v) is 3.64. The normalized spacial score (nSPS) is 12.7. The highest BCUT2D eigenvalue weighted by molar-refractivity contribution is 8.00. The van der Waals surface area contributed by atoms with Crippen molar-refractivity contribution in [3.63, 3.8) is 0 Å². The monoisotopic (exact) mass is 345 g/mol. The van der Waals surface area contributed by atoms with Crippen LogP contribution in [0, 0.1) is 5.82 Å². The van der Waals surface area contributed by atoms with Gasteiger partial charge in [0.15, 0.2) is 5.16 Å². The van der Waals surface area contributed by atoms with Crippen LogP contribution in [0.5, 0.6) is 0 Å². The van der Waals surface area contributed by atoms with E-state index in [2.05, 4.69) is 15.3 Å². The van der Waals surface area contributed by atoms with Crippen LogP contribution in [-0.4, -0.2) is 21.1 Å². The molecule has 0 fully saturated rings. The third-order valence-electron chi connectivity index (χ3n) is 2.67. The summed E-state index contributed by atoms with van der Waals surface area (Å²) >= 11 is 0.777. The zero-order valence-electron chi connectivity index (χ0n) is 11.8. The van der Waals surface area contributed by atoms with E-state index in [1.807, 2.05) is 0 Å². The summed E-state index contributed by atoms with van der Waals surface area (Å²) in [5.41, 5.74) is -0.819. The van der Waals surface area contributed by atoms with Crippen LogP contribution in [0.2, 0.25) is 0 Å². The van der Waals surface area contributed by atoms with Crippen LogP contribution < -0.4 is 5.32 Å². The van der Waals surface area contributed by atoms with E-state index in [1.54, 1.807) is 0 Å². The van der Waals surface area contributed by atoms with E-state index in [1.165, 1.54) is 25.1 Å². The van der Waals surface area contributed by atoms with Crippen molar-refractivity contribution in [1.82, 2.24) is 9.97 Å². The molecule has 0 aliphatic carbocycles. The largest absolute Gasteiger partial charge is 0.433 e. The molecule has 0 aliphatic heterocycles. The van der Waals surface area contributed by atoms with Crippen LogP contribution in [0.1, 0.15) is 12.6 Å². The Morgan fingerprint density at radius 3 is 2.70 bits per heavy atom. The number of rotatable bonds is 4. The predicted octanol–water partition coefficient (Wildman–Crippen LogP) is 3.75. The number of aromatic nitrogens is 2. The van der Waals surface area contributed by atoms with Gasteiger partial charge in [0.05, 0.1) is 5.25 Å². The quantitative estimate of drug-likeness (QED) is 0.521. The van der Waals surface area contributed by atoms with E-state index >= 15 is 0 Å². The second-order valence-corrected chi connectivity index (χ2v) is 5.79. The molecule has 1 heterocycles. The molecule has 0 bridgehead atoms. The van der Waals surface area contributed by atoms with Gasteiger partial charge in [0.2, 0.25) is 5.91 Å². The fourth-order valence-corrected chi connectivity index (χ4v) is 2.33. The van der Waals surface area contributed by atoms with Gasteiger partial charge in [-0.25, -0.2) is 14.4 Å². The summed E-state index contributed by atoms with van der Waals surface area (Å²) in [6, 6.07) is 6.04. The fourth-order valence-electron chi connectivity index (χ4n) is 1.58. The number of anilines is 1. The number of amides is 1. The molecule has 1 aromatic carbocycles. The molecule has 0 aliphatic rings. The molecule has 2 aromatic rings. The van der Waals surface area contributed by atoms with Gasteiger partial charge in [-0.2, -0.15) is 13.2 Å². The topological polar surface area (TPSA) is 54.9 Å². The van der Waals surface area contributed by atoms with E-state index in [-0.39, 0.29) is 10.8 Å². The Balaban J connectivity index is 2.04. The Morgan fingerprint density at radius 2 is 2.04 bits per heavy atom. The first kappa shape index (κ1) is 17.2. The van der Waals surface area contributed by atoms with Crippen molar-refractivity contribution in [1.29, 1.82) is 0 Å². The number of nitrogens with one attached hydrogen (secondary N) is 1. The minimum Gasteiger partial charge on any atom is -0.325 e. The summed E-state index contributed by atoms with van der Waals surface area (Å²) < 4.78 is 50.8. The van der Waals surface area contributed by atoms with Crippen LogP contribution in [0.15, 0.2) is 41.7 Å². The van der Waals surface area contributed by atoms with Gasteiger partial charge in [0.1, 0.15) is 11.5 Å². The maximum absolute atomic E-state index is 13.0. The van der Waals surface area contributed by atoms with Crippen molar-refractivity contribution in [2.75, 3.05) is 5.32 Å². The average molecular weight is 345 g/mol. The Bertz CT molecular complexity index is 708. The first-order valence-corrected chi connectivity index (χ1v) is 7.27. The maximum atomic E-state index is 13.0. The SMILES string of the molecule is CC(Sc1nccc(C(F)(F)F)n1)C(=O)Nc1cccc(F)c1. The molecule has 4 nitrogen and oxygen atoms in total. The number of hydrogen-bond acceptors (Lipinski definition) is 4. The van der Waals surface area contributed by atoms with Gasteiger partial charge < -0.3 is 5.32 Å². The number of carbonyl (C=O) groups is 1. The summed E-state index contributed by atoms with van der Waals surface area (Å²) in [6.07, 6.45) is -3.60. The van der Waals surface area contributed by atoms with Crippen LogP contribution >= 0.6 is 11.8 Å². The summed E-state index contributed by atoms with van der Waals surface area (Å²) in [4.78, 5) is 19.1. The van der Waals surface area contributed by atoms with E-state index < -0.39 is 28.8 Å². The van der Waals surface area contributed by atoms with Gasteiger partial charge in [-0.05, 0) is 31.2 Å². The first-order chi connectivity index (χ1) is 10.8. The number of benzene rings is 1. The molecule has 0 radical (unpaired) electrons. The molecule has 1 atom stereocenters. The van der Waals surface area contributed by atoms with Gasteiger partial charge in [0, 0.05) is 11.9 Å². The molecule has 23 heavy (non-hydrogen) atoms. The number of alkyl halides is 3. The Morgan fingerprint density at radius 1 is 1.30 bits per heavy atom. The predicted molar refractivity (Wildman–Crippen MR) is 77.4 cm³/mol. The molecule has 1 aromatic heterocycles. The van der Waals surface area contributed by atoms with Crippen molar-refractivity contribution in [2.45, 2.75) is 23.5 Å². The summed E-state index contributed by atoms with van der Waals surface area (Å²) in [5, 5.41) is 1.54. The van der Waals surface area contributed by atoms with E-state index in [0.717, 1.165) is 30.1 Å². The van der Waals surface area contributed by atoms with Gasteiger partial charge in [-0.1, -0.05) is 17.8 Å². The molecule has 0 spiro atoms. The average Bonchev–Trinajstić information content (AvgIpc) is 2.46. The summed E-state index contributed by atoms with van der Waals surface area (Å²) in [6.45, 7) is 1.49. The lowest BCUT2D eigenvalue weighted by molar-refractivity contribution is -0.141. The van der Waals surface area contributed by atoms with Crippen molar-refractivity contribution >= 4 is 23.4 Å². The van der Waals surface area contributed by atoms with Gasteiger partial charge >= 0.3 is 6.18 Å². The van der Waals surface area contributed by atoms with E-state index in [4.69, 9.17) is 0 Å². The number of halogens is 4. The minimum absolute atomic E-state index is 0.165. The molecule has 0 saturated heterocycles. The standard InChI is InChI=1S/C14H11F4N3OS/c1-8(12(22)20-10-4-2-3-9(15)7-10)23-13-19-6-5-11(21-13)14(16,17)18/h2-8H,1H3,(H,20,22). The highest BCUT2D eigenvalue weighted by Crippen LogP contribution is 2.29. The Labute approximate surface area is 133 Å². The molecule has 1 N–H and O–H groups in total. The Hall–Kier alpha value is -2.16. The molecule has 1 amide bonds. The smallest absolute Gasteiger partial charge is 0.325 e. The van der Waals surface area contributed by atoms with Crippen molar-refractivity contribution in [2.24, 2.45) is 0 Å². The zero-order valence-corrected chi connectivity index (χ0v) is 12.6. The van der Waals surface area contributed by atoms with Crippen LogP contribution in [0.25, 0.3) is 0 Å². The van der Waals surface area contributed by atoms with Crippen LogP contribution in [0.3, 0.4) is 0 Å². The lowest BCUT2D eigenvalue weighted by atomic mass is 10.3. The number of thioether (sulfide) groups is 1. The molecule has 9 heteroatoms. The molecule has 1 unspecified atom stereocenters. The second kappa shape index (κ2) is 6.95. The third kappa shape index (κ3) is 4.92. The molecule has 0 saturated carbocycles.